The van der Waals surface area contributed by atoms with Crippen LogP contribution in [0.25, 0.3) is 6.08 Å². The maximum absolute atomic E-state index is 13.4. The highest BCUT2D eigenvalue weighted by Gasteiger charge is 2.37. The number of hydrogen-bond donors (Lipinski definition) is 1. The van der Waals surface area contributed by atoms with Crippen molar-refractivity contribution in [3.8, 4) is 6.07 Å². The van der Waals surface area contributed by atoms with Crippen LogP contribution in [0.5, 0.6) is 0 Å². The van der Waals surface area contributed by atoms with Gasteiger partial charge in [-0.2, -0.15) is 5.26 Å². The largest absolute Gasteiger partial charge is 0.367 e. The second-order valence-electron chi connectivity index (χ2n) is 8.53. The number of rotatable bonds is 5. The number of aromatic nitrogens is 1. The van der Waals surface area contributed by atoms with Crippen molar-refractivity contribution in [1.29, 1.82) is 5.26 Å². The van der Waals surface area contributed by atoms with Crippen molar-refractivity contribution in [3.63, 3.8) is 0 Å². The van der Waals surface area contributed by atoms with E-state index in [4.69, 9.17) is 23.8 Å². The third-order valence-electron chi connectivity index (χ3n) is 6.44. The Morgan fingerprint density at radius 1 is 1.26 bits per heavy atom. The van der Waals surface area contributed by atoms with Crippen LogP contribution in [-0.4, -0.2) is 25.7 Å². The number of carbonyl (C=O) groups is 1. The highest BCUT2D eigenvalue weighted by atomic mass is 35.5. The number of thioether (sulfide) groups is 1. The second-order valence-corrected chi connectivity index (χ2v) is 10.6. The van der Waals surface area contributed by atoms with Gasteiger partial charge in [0.1, 0.15) is 21.8 Å². The number of pyridine rings is 1. The molecule has 1 aromatic heterocycles. The third-order valence-corrected chi connectivity index (χ3v) is 8.14. The van der Waals surface area contributed by atoms with Gasteiger partial charge < -0.3 is 5.32 Å². The van der Waals surface area contributed by atoms with Crippen LogP contribution in [-0.2, 0) is 18.4 Å². The van der Waals surface area contributed by atoms with Crippen molar-refractivity contribution in [3.05, 3.63) is 66.8 Å². The number of carbonyl (C=O) groups excluding carboxylic acids is 1. The van der Waals surface area contributed by atoms with Gasteiger partial charge >= 0.3 is 0 Å². The van der Waals surface area contributed by atoms with Gasteiger partial charge in [0.25, 0.3) is 11.5 Å². The Morgan fingerprint density at radius 2 is 1.97 bits per heavy atom. The third kappa shape index (κ3) is 4.65. The van der Waals surface area contributed by atoms with Crippen molar-refractivity contribution < 1.29 is 4.79 Å². The Bertz CT molecular complexity index is 1290. The van der Waals surface area contributed by atoms with Gasteiger partial charge in [0.2, 0.25) is 0 Å². The van der Waals surface area contributed by atoms with Gasteiger partial charge in [-0.15, -0.1) is 0 Å². The number of amides is 1. The number of anilines is 1. The van der Waals surface area contributed by atoms with Crippen LogP contribution in [0.2, 0.25) is 5.02 Å². The molecule has 0 atom stereocenters. The van der Waals surface area contributed by atoms with Gasteiger partial charge in [-0.3, -0.25) is 19.1 Å². The molecule has 2 fully saturated rings. The lowest BCUT2D eigenvalue weighted by molar-refractivity contribution is -0.124. The zero-order valence-electron chi connectivity index (χ0n) is 19.1. The Labute approximate surface area is 213 Å². The molecule has 176 valence electrons. The lowest BCUT2D eigenvalue weighted by Gasteiger charge is -2.29. The van der Waals surface area contributed by atoms with E-state index in [0.717, 1.165) is 31.2 Å². The van der Waals surface area contributed by atoms with Crippen LogP contribution in [0, 0.1) is 18.3 Å². The molecule has 0 bridgehead atoms. The molecule has 1 N–H and O–H groups in total. The van der Waals surface area contributed by atoms with E-state index < -0.39 is 5.56 Å². The average molecular weight is 513 g/mol. The number of nitrogens with one attached hydrogen (secondary N) is 1. The minimum absolute atomic E-state index is 0.0554. The number of halogens is 1. The topological polar surface area (TPSA) is 78.1 Å². The minimum Gasteiger partial charge on any atom is -0.367 e. The molecule has 1 aliphatic carbocycles. The number of thiocarbonyl (C=S) groups is 1. The van der Waals surface area contributed by atoms with E-state index in [0.29, 0.717) is 37.7 Å². The van der Waals surface area contributed by atoms with Crippen LogP contribution in [0.3, 0.4) is 0 Å². The number of nitrogens with zero attached hydrogens (tertiary/aromatic N) is 3. The van der Waals surface area contributed by atoms with Crippen LogP contribution in [0.1, 0.15) is 54.4 Å². The van der Waals surface area contributed by atoms with Gasteiger partial charge in [-0.05, 0) is 43.0 Å². The summed E-state index contributed by atoms with van der Waals surface area (Å²) in [5.74, 6) is 0.412. The maximum Gasteiger partial charge on any atom is 0.270 e. The summed E-state index contributed by atoms with van der Waals surface area (Å²) in [5.41, 5.74) is 1.67. The van der Waals surface area contributed by atoms with Gasteiger partial charge in [-0.25, -0.2) is 0 Å². The Kier molecular flexibility index (Phi) is 7.46. The van der Waals surface area contributed by atoms with Gasteiger partial charge in [0.05, 0.1) is 4.91 Å². The normalized spacial score (nSPS) is 17.9. The molecule has 2 aromatic rings. The zero-order valence-corrected chi connectivity index (χ0v) is 21.4. The molecule has 34 heavy (non-hydrogen) atoms. The molecule has 1 aliphatic heterocycles. The highest BCUT2D eigenvalue weighted by Crippen LogP contribution is 2.38. The summed E-state index contributed by atoms with van der Waals surface area (Å²) in [6.07, 6.45) is 7.07. The molecule has 0 unspecified atom stereocenters. The van der Waals surface area contributed by atoms with E-state index in [-0.39, 0.29) is 17.5 Å². The van der Waals surface area contributed by atoms with Gasteiger partial charge in [0, 0.05) is 30.2 Å². The Morgan fingerprint density at radius 3 is 2.65 bits per heavy atom. The molecule has 2 heterocycles. The summed E-state index contributed by atoms with van der Waals surface area (Å²) < 4.78 is 1.98. The highest BCUT2D eigenvalue weighted by molar-refractivity contribution is 8.26. The summed E-state index contributed by atoms with van der Waals surface area (Å²) in [5, 5.41) is 13.5. The summed E-state index contributed by atoms with van der Waals surface area (Å²) in [7, 11) is 1.61. The molecular formula is C25H25ClN4O2S2. The lowest BCUT2D eigenvalue weighted by Crippen LogP contribution is -2.39. The van der Waals surface area contributed by atoms with Crippen molar-refractivity contribution in [2.75, 3.05) is 5.32 Å². The molecule has 2 aliphatic rings. The van der Waals surface area contributed by atoms with E-state index >= 15 is 0 Å². The standard InChI is InChI=1S/C25H25ClN4O2S2/c1-15-18(12-21-24(32)30(25(33)34-21)17-9-4-3-5-10-17)22(29(2)23(31)19(15)13-27)28-14-16-8-6-7-11-20(16)26/h6-8,11-12,17,28H,3-5,9-10,14H2,1-2H3/b21-12+. The molecule has 4 rings (SSSR count). The van der Waals surface area contributed by atoms with Crippen molar-refractivity contribution in [2.24, 2.45) is 7.05 Å². The first-order chi connectivity index (χ1) is 16.3. The predicted molar refractivity (Wildman–Crippen MR) is 142 cm³/mol. The van der Waals surface area contributed by atoms with Gasteiger partial charge in [0.15, 0.2) is 0 Å². The number of benzene rings is 1. The first kappa shape index (κ1) is 24.5. The molecule has 6 nitrogen and oxygen atoms in total. The van der Waals surface area contributed by atoms with Crippen molar-refractivity contribution in [1.82, 2.24) is 9.47 Å². The monoisotopic (exact) mass is 512 g/mol. The zero-order chi connectivity index (χ0) is 24.4. The molecule has 1 saturated heterocycles. The van der Waals surface area contributed by atoms with E-state index in [1.165, 1.54) is 22.7 Å². The fraction of sp³-hybridized carbons (Fsp3) is 0.360. The van der Waals surface area contributed by atoms with Crippen molar-refractivity contribution >= 4 is 57.7 Å². The van der Waals surface area contributed by atoms with Crippen LogP contribution >= 0.6 is 35.6 Å². The molecular weight excluding hydrogens is 488 g/mol. The molecule has 1 aromatic carbocycles. The lowest BCUT2D eigenvalue weighted by atomic mass is 9.94. The first-order valence-corrected chi connectivity index (χ1v) is 12.8. The second kappa shape index (κ2) is 10.3. The summed E-state index contributed by atoms with van der Waals surface area (Å²) in [6, 6.07) is 9.61. The molecule has 1 saturated carbocycles. The smallest absolute Gasteiger partial charge is 0.270 e. The van der Waals surface area contributed by atoms with Crippen molar-refractivity contribution in [2.45, 2.75) is 51.6 Å². The van der Waals surface area contributed by atoms with E-state index in [1.54, 1.807) is 31.0 Å². The fourth-order valence-electron chi connectivity index (χ4n) is 4.53. The van der Waals surface area contributed by atoms with E-state index in [1.807, 2.05) is 24.3 Å². The van der Waals surface area contributed by atoms with Crippen LogP contribution < -0.4 is 10.9 Å². The Hall–Kier alpha value is -2.60. The number of nitriles is 1. The molecule has 0 spiro atoms. The van der Waals surface area contributed by atoms with Gasteiger partial charge in [-0.1, -0.05) is 73.0 Å². The summed E-state index contributed by atoms with van der Waals surface area (Å²) >= 11 is 13.2. The predicted octanol–water partition coefficient (Wildman–Crippen LogP) is 5.36. The Balaban J connectivity index is 1.75. The molecule has 0 radical (unpaired) electrons. The molecule has 1 amide bonds. The van der Waals surface area contributed by atoms with E-state index in [2.05, 4.69) is 5.32 Å². The van der Waals surface area contributed by atoms with E-state index in [9.17, 15) is 14.9 Å². The first-order valence-electron chi connectivity index (χ1n) is 11.2. The quantitative estimate of drug-likeness (QED) is 0.429. The number of hydrogen-bond acceptors (Lipinski definition) is 6. The minimum atomic E-state index is -0.395. The average Bonchev–Trinajstić information content (AvgIpc) is 3.11. The summed E-state index contributed by atoms with van der Waals surface area (Å²) in [6.45, 7) is 2.11. The summed E-state index contributed by atoms with van der Waals surface area (Å²) in [4.78, 5) is 28.4. The van der Waals surface area contributed by atoms with Crippen LogP contribution in [0.15, 0.2) is 34.0 Å². The fourth-order valence-corrected chi connectivity index (χ4v) is 6.12. The molecule has 9 heteroatoms. The van der Waals surface area contributed by atoms with Crippen LogP contribution in [0.4, 0.5) is 5.82 Å². The maximum atomic E-state index is 13.4. The SMILES string of the molecule is Cc1c(/C=C2/SC(=S)N(C3CCCCC3)C2=O)c(NCc2ccccc2Cl)n(C)c(=O)c1C#N.